The molecule has 0 heterocycles. The molecule has 10 heavy (non-hydrogen) atoms. The van der Waals surface area contributed by atoms with Crippen LogP contribution < -0.4 is 5.32 Å². The van der Waals surface area contributed by atoms with Crippen molar-refractivity contribution in [2.24, 2.45) is 0 Å². The third kappa shape index (κ3) is 2.78. The molecule has 0 aromatic carbocycles. The van der Waals surface area contributed by atoms with Crippen molar-refractivity contribution in [2.75, 3.05) is 7.05 Å². The van der Waals surface area contributed by atoms with Gasteiger partial charge in [-0.15, -0.1) is 12.6 Å². The fraction of sp³-hybridized carbons (Fsp3) is 0.250. The van der Waals surface area contributed by atoms with Gasteiger partial charge in [0, 0.05) is 17.6 Å². The third-order valence-corrected chi connectivity index (χ3v) is 1.46. The molecule has 56 valence electrons. The molecule has 0 bridgehead atoms. The van der Waals surface area contributed by atoms with Gasteiger partial charge in [0.2, 0.25) is 0 Å². The number of rotatable bonds is 3. The highest BCUT2D eigenvalue weighted by Crippen LogP contribution is 2.07. The first kappa shape index (κ1) is 9.37. The molecule has 1 N–H and O–H groups in total. The number of thiol groups is 1. The largest absolute Gasteiger partial charge is 0.387 e. The second kappa shape index (κ2) is 5.18. The lowest BCUT2D eigenvalue weighted by Gasteiger charge is -2.01. The fourth-order valence-electron chi connectivity index (χ4n) is 0.582. The van der Waals surface area contributed by atoms with E-state index in [9.17, 15) is 0 Å². The van der Waals surface area contributed by atoms with Gasteiger partial charge in [0.1, 0.15) is 0 Å². The van der Waals surface area contributed by atoms with Crippen LogP contribution in [-0.2, 0) is 0 Å². The Bertz CT molecular complexity index is 168. The van der Waals surface area contributed by atoms with E-state index >= 15 is 0 Å². The molecule has 0 fully saturated rings. The minimum Gasteiger partial charge on any atom is -0.387 e. The number of nitrogens with one attached hydrogen (secondary N) is 1. The predicted octanol–water partition coefficient (Wildman–Crippen LogP) is 2.11. The Morgan fingerprint density at radius 1 is 1.60 bits per heavy atom. The summed E-state index contributed by atoms with van der Waals surface area (Å²) in [6.07, 6.45) is 5.59. The number of likely N-dealkylation sites (N-methyl/N-ethyl adjacent to an activating group) is 1. The van der Waals surface area contributed by atoms with Crippen molar-refractivity contribution in [2.45, 2.75) is 6.92 Å². The highest BCUT2D eigenvalue weighted by molar-refractivity contribution is 7.84. The standard InChI is InChI=1S/C8H13NS/c1-4-6-8(10)7(5-2)9-3/h4-6,9-10H,2H2,1,3H3/b6-4-,8-7-. The molecule has 0 unspecified atom stereocenters. The Kier molecular flexibility index (Phi) is 4.85. The Hall–Kier alpha value is -0.630. The lowest BCUT2D eigenvalue weighted by Crippen LogP contribution is -2.03. The van der Waals surface area contributed by atoms with Crippen LogP contribution in [0.3, 0.4) is 0 Å². The van der Waals surface area contributed by atoms with Gasteiger partial charge in [-0.1, -0.05) is 18.7 Å². The normalized spacial score (nSPS) is 13.1. The zero-order chi connectivity index (χ0) is 7.98. The van der Waals surface area contributed by atoms with Crippen LogP contribution in [0.4, 0.5) is 0 Å². The maximum Gasteiger partial charge on any atom is 0.0467 e. The summed E-state index contributed by atoms with van der Waals surface area (Å²) in [6.45, 7) is 5.58. The van der Waals surface area contributed by atoms with E-state index in [1.54, 1.807) is 6.08 Å². The molecule has 0 spiro atoms. The molecular weight excluding hydrogens is 142 g/mol. The van der Waals surface area contributed by atoms with E-state index in [-0.39, 0.29) is 0 Å². The summed E-state index contributed by atoms with van der Waals surface area (Å²) in [7, 11) is 1.84. The third-order valence-electron chi connectivity index (χ3n) is 1.07. The molecule has 0 aliphatic carbocycles. The summed E-state index contributed by atoms with van der Waals surface area (Å²) in [5, 5.41) is 2.97. The smallest absolute Gasteiger partial charge is 0.0467 e. The minimum atomic E-state index is 0.903. The fourth-order valence-corrected chi connectivity index (χ4v) is 0.935. The number of allylic oxidation sites excluding steroid dienone is 3. The van der Waals surface area contributed by atoms with Crippen molar-refractivity contribution >= 4 is 12.6 Å². The van der Waals surface area contributed by atoms with Crippen molar-refractivity contribution in [1.82, 2.24) is 5.32 Å². The minimum absolute atomic E-state index is 0.903. The van der Waals surface area contributed by atoms with Crippen LogP contribution in [0.2, 0.25) is 0 Å². The van der Waals surface area contributed by atoms with Crippen molar-refractivity contribution in [3.8, 4) is 0 Å². The first-order chi connectivity index (χ1) is 4.76. The lowest BCUT2D eigenvalue weighted by atomic mass is 10.3. The van der Waals surface area contributed by atoms with Gasteiger partial charge in [-0.3, -0.25) is 0 Å². The molecule has 0 aromatic heterocycles. The molecular formula is C8H13NS. The average Bonchev–Trinajstić information content (AvgIpc) is 1.91. The van der Waals surface area contributed by atoms with Crippen molar-refractivity contribution in [3.63, 3.8) is 0 Å². The van der Waals surface area contributed by atoms with Crippen LogP contribution in [0.5, 0.6) is 0 Å². The summed E-state index contributed by atoms with van der Waals surface area (Å²) in [5.41, 5.74) is 0.946. The molecule has 1 nitrogen and oxygen atoms in total. The van der Waals surface area contributed by atoms with E-state index in [4.69, 9.17) is 0 Å². The molecule has 0 aliphatic rings. The Morgan fingerprint density at radius 3 is 2.50 bits per heavy atom. The van der Waals surface area contributed by atoms with Gasteiger partial charge in [0.15, 0.2) is 0 Å². The molecule has 0 radical (unpaired) electrons. The number of hydrogen-bond acceptors (Lipinski definition) is 2. The van der Waals surface area contributed by atoms with Gasteiger partial charge in [0.05, 0.1) is 0 Å². The van der Waals surface area contributed by atoms with Gasteiger partial charge < -0.3 is 5.32 Å². The summed E-state index contributed by atoms with van der Waals surface area (Å²) >= 11 is 4.22. The lowest BCUT2D eigenvalue weighted by molar-refractivity contribution is 1.03. The topological polar surface area (TPSA) is 12.0 Å². The summed E-state index contributed by atoms with van der Waals surface area (Å²) in [5.74, 6) is 0. The van der Waals surface area contributed by atoms with Crippen molar-refractivity contribution in [1.29, 1.82) is 0 Å². The first-order valence-electron chi connectivity index (χ1n) is 3.12. The molecule has 0 aliphatic heterocycles. The monoisotopic (exact) mass is 155 g/mol. The van der Waals surface area contributed by atoms with Gasteiger partial charge >= 0.3 is 0 Å². The van der Waals surface area contributed by atoms with Crippen LogP contribution in [0.25, 0.3) is 0 Å². The second-order valence-electron chi connectivity index (χ2n) is 1.75. The maximum atomic E-state index is 4.22. The SMILES string of the molecule is C=C/C(NC)=C(S)\C=C/C. The van der Waals surface area contributed by atoms with Crippen LogP contribution in [0.15, 0.2) is 35.4 Å². The van der Waals surface area contributed by atoms with E-state index in [1.807, 2.05) is 26.1 Å². The molecule has 2 heteroatoms. The number of hydrogen-bond donors (Lipinski definition) is 2. The summed E-state index contributed by atoms with van der Waals surface area (Å²) < 4.78 is 0. The zero-order valence-corrected chi connectivity index (χ0v) is 7.28. The Morgan fingerprint density at radius 2 is 2.20 bits per heavy atom. The van der Waals surface area contributed by atoms with Crippen LogP contribution >= 0.6 is 12.6 Å². The van der Waals surface area contributed by atoms with Crippen molar-refractivity contribution in [3.05, 3.63) is 35.4 Å². The average molecular weight is 155 g/mol. The molecule has 0 saturated heterocycles. The molecule has 0 rings (SSSR count). The van der Waals surface area contributed by atoms with Gasteiger partial charge in [-0.25, -0.2) is 0 Å². The Labute approximate surface area is 67.9 Å². The highest BCUT2D eigenvalue weighted by atomic mass is 32.1. The molecule has 0 amide bonds. The molecule has 0 atom stereocenters. The van der Waals surface area contributed by atoms with Gasteiger partial charge in [0.25, 0.3) is 0 Å². The molecule has 0 saturated carbocycles. The van der Waals surface area contributed by atoms with Crippen molar-refractivity contribution < 1.29 is 0 Å². The zero-order valence-electron chi connectivity index (χ0n) is 6.39. The summed E-state index contributed by atoms with van der Waals surface area (Å²) in [6, 6.07) is 0. The van der Waals surface area contributed by atoms with E-state index < -0.39 is 0 Å². The maximum absolute atomic E-state index is 4.22. The second-order valence-corrected chi connectivity index (χ2v) is 2.23. The highest BCUT2D eigenvalue weighted by Gasteiger charge is 1.89. The van der Waals surface area contributed by atoms with Gasteiger partial charge in [-0.05, 0) is 13.0 Å². The van der Waals surface area contributed by atoms with E-state index in [2.05, 4.69) is 24.5 Å². The quantitative estimate of drug-likeness (QED) is 0.470. The van der Waals surface area contributed by atoms with Crippen LogP contribution in [0, 0.1) is 0 Å². The predicted molar refractivity (Wildman–Crippen MR) is 50.1 cm³/mol. The van der Waals surface area contributed by atoms with Crippen LogP contribution in [0.1, 0.15) is 6.92 Å². The van der Waals surface area contributed by atoms with Gasteiger partial charge in [-0.2, -0.15) is 0 Å². The molecule has 0 aromatic rings. The van der Waals surface area contributed by atoms with E-state index in [0.29, 0.717) is 0 Å². The Balaban J connectivity index is 4.42. The van der Waals surface area contributed by atoms with Crippen LogP contribution in [-0.4, -0.2) is 7.05 Å². The first-order valence-corrected chi connectivity index (χ1v) is 3.57. The van der Waals surface area contributed by atoms with E-state index in [0.717, 1.165) is 10.6 Å². The summed E-state index contributed by atoms with van der Waals surface area (Å²) in [4.78, 5) is 0.903. The van der Waals surface area contributed by atoms with E-state index in [1.165, 1.54) is 0 Å².